The number of rotatable bonds is 3. The number of halogens is 1. The molecule has 1 aliphatic carbocycles. The minimum absolute atomic E-state index is 0.594. The number of anilines is 1. The van der Waals surface area contributed by atoms with Crippen LogP contribution >= 0.6 is 15.9 Å². The molecule has 1 fully saturated rings. The van der Waals surface area contributed by atoms with E-state index in [2.05, 4.69) is 44.4 Å². The molecule has 0 saturated heterocycles. The van der Waals surface area contributed by atoms with Crippen molar-refractivity contribution in [2.75, 3.05) is 12.4 Å². The van der Waals surface area contributed by atoms with Crippen LogP contribution in [0.1, 0.15) is 37.3 Å². The highest BCUT2D eigenvalue weighted by atomic mass is 79.9. The van der Waals surface area contributed by atoms with Gasteiger partial charge in [-0.2, -0.15) is 0 Å². The van der Waals surface area contributed by atoms with E-state index in [1.54, 1.807) is 0 Å². The van der Waals surface area contributed by atoms with Crippen LogP contribution in [-0.2, 0) is 0 Å². The fourth-order valence-electron chi connectivity index (χ4n) is 2.78. The minimum Gasteiger partial charge on any atom is -0.373 e. The molecule has 3 nitrogen and oxygen atoms in total. The van der Waals surface area contributed by atoms with E-state index >= 15 is 0 Å². The van der Waals surface area contributed by atoms with E-state index in [0.717, 1.165) is 21.7 Å². The van der Waals surface area contributed by atoms with Crippen molar-refractivity contribution >= 4 is 21.7 Å². The summed E-state index contributed by atoms with van der Waals surface area (Å²) in [4.78, 5) is 9.39. The van der Waals surface area contributed by atoms with Crippen LogP contribution in [-0.4, -0.2) is 17.0 Å². The van der Waals surface area contributed by atoms with Crippen LogP contribution in [0.5, 0.6) is 0 Å². The molecule has 0 amide bonds. The van der Waals surface area contributed by atoms with E-state index in [9.17, 15) is 0 Å². The largest absolute Gasteiger partial charge is 0.373 e. The first-order chi connectivity index (χ1) is 9.76. The second kappa shape index (κ2) is 5.92. The Labute approximate surface area is 128 Å². The SMILES string of the molecule is CNc1cc(C2CCCC2)nc(-c2cccc(Br)c2)n1. The van der Waals surface area contributed by atoms with Crippen molar-refractivity contribution in [3.63, 3.8) is 0 Å². The first kappa shape index (κ1) is 13.6. The highest BCUT2D eigenvalue weighted by molar-refractivity contribution is 9.10. The summed E-state index contributed by atoms with van der Waals surface area (Å²) in [7, 11) is 1.91. The Balaban J connectivity index is 2.03. The van der Waals surface area contributed by atoms with Gasteiger partial charge in [0.1, 0.15) is 5.82 Å². The molecule has 3 rings (SSSR count). The summed E-state index contributed by atoms with van der Waals surface area (Å²) in [6, 6.07) is 10.2. The highest BCUT2D eigenvalue weighted by Gasteiger charge is 2.20. The molecule has 0 atom stereocenters. The average molecular weight is 332 g/mol. The molecule has 1 N–H and O–H groups in total. The van der Waals surface area contributed by atoms with Crippen LogP contribution in [0.25, 0.3) is 11.4 Å². The van der Waals surface area contributed by atoms with Gasteiger partial charge in [-0.3, -0.25) is 0 Å². The van der Waals surface area contributed by atoms with Gasteiger partial charge in [0.2, 0.25) is 0 Å². The number of hydrogen-bond donors (Lipinski definition) is 1. The van der Waals surface area contributed by atoms with Gasteiger partial charge in [-0.1, -0.05) is 40.9 Å². The zero-order valence-corrected chi connectivity index (χ0v) is 13.2. The summed E-state index contributed by atoms with van der Waals surface area (Å²) in [5.41, 5.74) is 2.23. The average Bonchev–Trinajstić information content (AvgIpc) is 3.01. The lowest BCUT2D eigenvalue weighted by Crippen LogP contribution is -2.03. The third-order valence-electron chi connectivity index (χ3n) is 3.86. The van der Waals surface area contributed by atoms with E-state index in [1.165, 1.54) is 31.4 Å². The van der Waals surface area contributed by atoms with Crippen molar-refractivity contribution in [2.24, 2.45) is 0 Å². The maximum absolute atomic E-state index is 4.80. The van der Waals surface area contributed by atoms with Crippen molar-refractivity contribution in [2.45, 2.75) is 31.6 Å². The highest BCUT2D eigenvalue weighted by Crippen LogP contribution is 2.34. The first-order valence-electron chi connectivity index (χ1n) is 7.09. The number of aromatic nitrogens is 2. The third kappa shape index (κ3) is 2.85. The van der Waals surface area contributed by atoms with Gasteiger partial charge in [-0.25, -0.2) is 9.97 Å². The van der Waals surface area contributed by atoms with Crippen LogP contribution < -0.4 is 5.32 Å². The predicted molar refractivity (Wildman–Crippen MR) is 85.9 cm³/mol. The lowest BCUT2D eigenvalue weighted by molar-refractivity contribution is 0.696. The Morgan fingerprint density at radius 2 is 1.95 bits per heavy atom. The van der Waals surface area contributed by atoms with Crippen LogP contribution in [0.2, 0.25) is 0 Å². The van der Waals surface area contributed by atoms with Crippen molar-refractivity contribution in [1.82, 2.24) is 9.97 Å². The summed E-state index contributed by atoms with van der Waals surface area (Å²) >= 11 is 3.51. The summed E-state index contributed by atoms with van der Waals surface area (Å²) in [5, 5.41) is 3.15. The topological polar surface area (TPSA) is 37.8 Å². The molecule has 1 saturated carbocycles. The van der Waals surface area contributed by atoms with E-state index in [4.69, 9.17) is 4.98 Å². The minimum atomic E-state index is 0.594. The monoisotopic (exact) mass is 331 g/mol. The van der Waals surface area contributed by atoms with Crippen molar-refractivity contribution < 1.29 is 0 Å². The van der Waals surface area contributed by atoms with Gasteiger partial charge in [0.15, 0.2) is 5.82 Å². The maximum atomic E-state index is 4.80. The number of nitrogens with one attached hydrogen (secondary N) is 1. The summed E-state index contributed by atoms with van der Waals surface area (Å²) in [6.45, 7) is 0. The molecule has 0 unspecified atom stereocenters. The molecule has 0 spiro atoms. The number of benzene rings is 1. The molecule has 1 aromatic heterocycles. The quantitative estimate of drug-likeness (QED) is 0.892. The maximum Gasteiger partial charge on any atom is 0.161 e. The lowest BCUT2D eigenvalue weighted by Gasteiger charge is -2.12. The summed E-state index contributed by atoms with van der Waals surface area (Å²) in [5.74, 6) is 2.30. The van der Waals surface area contributed by atoms with Gasteiger partial charge in [-0.15, -0.1) is 0 Å². The number of nitrogens with zero attached hydrogens (tertiary/aromatic N) is 2. The molecular weight excluding hydrogens is 314 g/mol. The van der Waals surface area contributed by atoms with Crippen LogP contribution in [0.4, 0.5) is 5.82 Å². The van der Waals surface area contributed by atoms with E-state index in [1.807, 2.05) is 19.2 Å². The molecular formula is C16H18BrN3. The van der Waals surface area contributed by atoms with E-state index < -0.39 is 0 Å². The molecule has 0 radical (unpaired) electrons. The zero-order chi connectivity index (χ0) is 13.9. The summed E-state index contributed by atoms with van der Waals surface area (Å²) < 4.78 is 1.05. The molecule has 1 heterocycles. The first-order valence-corrected chi connectivity index (χ1v) is 7.88. The second-order valence-electron chi connectivity index (χ2n) is 5.24. The predicted octanol–water partition coefficient (Wildman–Crippen LogP) is 4.61. The van der Waals surface area contributed by atoms with Crippen molar-refractivity contribution in [3.8, 4) is 11.4 Å². The standard InChI is InChI=1S/C16H18BrN3/c1-18-15-10-14(11-5-2-3-6-11)19-16(20-15)12-7-4-8-13(17)9-12/h4,7-11H,2-3,5-6H2,1H3,(H,18,19,20). The van der Waals surface area contributed by atoms with E-state index in [-0.39, 0.29) is 0 Å². The van der Waals surface area contributed by atoms with Gasteiger partial charge in [0.05, 0.1) is 0 Å². The van der Waals surface area contributed by atoms with Gasteiger partial charge in [0.25, 0.3) is 0 Å². The van der Waals surface area contributed by atoms with Gasteiger partial charge >= 0.3 is 0 Å². The summed E-state index contributed by atoms with van der Waals surface area (Å²) in [6.07, 6.45) is 5.13. The lowest BCUT2D eigenvalue weighted by atomic mass is 10.0. The molecule has 0 bridgehead atoms. The van der Waals surface area contributed by atoms with Gasteiger partial charge in [-0.05, 0) is 25.0 Å². The smallest absolute Gasteiger partial charge is 0.161 e. The van der Waals surface area contributed by atoms with Crippen molar-refractivity contribution in [3.05, 3.63) is 40.5 Å². The molecule has 2 aromatic rings. The number of hydrogen-bond acceptors (Lipinski definition) is 3. The van der Waals surface area contributed by atoms with Crippen LogP contribution in [0.3, 0.4) is 0 Å². The molecule has 4 heteroatoms. The van der Waals surface area contributed by atoms with Crippen LogP contribution in [0, 0.1) is 0 Å². The Hall–Kier alpha value is -1.42. The fourth-order valence-corrected chi connectivity index (χ4v) is 3.18. The Bertz CT molecular complexity index is 606. The molecule has 20 heavy (non-hydrogen) atoms. The van der Waals surface area contributed by atoms with Gasteiger partial charge in [0, 0.05) is 34.8 Å². The van der Waals surface area contributed by atoms with E-state index in [0.29, 0.717) is 5.92 Å². The Morgan fingerprint density at radius 1 is 1.15 bits per heavy atom. The van der Waals surface area contributed by atoms with Crippen LogP contribution in [0.15, 0.2) is 34.8 Å². The normalized spacial score (nSPS) is 15.5. The molecule has 104 valence electrons. The molecule has 0 aliphatic heterocycles. The van der Waals surface area contributed by atoms with Gasteiger partial charge < -0.3 is 5.32 Å². The van der Waals surface area contributed by atoms with Crippen molar-refractivity contribution in [1.29, 1.82) is 0 Å². The molecule has 1 aromatic carbocycles. The second-order valence-corrected chi connectivity index (χ2v) is 6.16. The molecule has 1 aliphatic rings. The zero-order valence-electron chi connectivity index (χ0n) is 11.6. The third-order valence-corrected chi connectivity index (χ3v) is 4.35. The Morgan fingerprint density at radius 3 is 2.65 bits per heavy atom. The fraction of sp³-hybridized carbons (Fsp3) is 0.375. The Kier molecular flexibility index (Phi) is 4.01.